The summed E-state index contributed by atoms with van der Waals surface area (Å²) in [4.78, 5) is 6.80. The first-order valence-corrected chi connectivity index (χ1v) is 13.8. The number of hydrogen-bond donors (Lipinski definition) is 3. The minimum absolute atomic E-state index is 0.0473. The maximum Gasteiger partial charge on any atom is 0.573 e. The second kappa shape index (κ2) is 11.7. The average molecular weight is 585 g/mol. The summed E-state index contributed by atoms with van der Waals surface area (Å²) in [6.45, 7) is 1.08. The van der Waals surface area contributed by atoms with Crippen LogP contribution in [-0.2, 0) is 6.42 Å². The minimum Gasteiger partial charge on any atom is -0.405 e. The maximum absolute atomic E-state index is 14.6. The molecule has 0 bridgehead atoms. The topological polar surface area (TPSA) is 63.8 Å². The van der Waals surface area contributed by atoms with E-state index in [0.717, 1.165) is 29.4 Å². The summed E-state index contributed by atoms with van der Waals surface area (Å²) in [5, 5.41) is 13.5. The lowest BCUT2D eigenvalue weighted by Crippen LogP contribution is -2.49. The van der Waals surface area contributed by atoms with E-state index >= 15 is 0 Å². The Morgan fingerprint density at radius 1 is 1.12 bits per heavy atom. The van der Waals surface area contributed by atoms with Crippen molar-refractivity contribution >= 4 is 16.6 Å². The number of nitrogens with zero attached hydrogens (tertiary/aromatic N) is 2. The van der Waals surface area contributed by atoms with Crippen LogP contribution in [0.25, 0.3) is 10.9 Å². The van der Waals surface area contributed by atoms with Crippen LogP contribution in [0.1, 0.15) is 42.6 Å². The Labute approximate surface area is 234 Å². The van der Waals surface area contributed by atoms with Gasteiger partial charge in [0.1, 0.15) is 12.4 Å². The molecule has 1 fully saturated rings. The highest BCUT2D eigenvalue weighted by atomic mass is 19.4. The highest BCUT2D eigenvalue weighted by Crippen LogP contribution is 2.46. The van der Waals surface area contributed by atoms with Crippen molar-refractivity contribution < 1.29 is 36.2 Å². The van der Waals surface area contributed by atoms with Gasteiger partial charge in [-0.05, 0) is 43.9 Å². The normalized spacial score (nSPS) is 22.3. The number of ether oxygens (including phenoxy) is 1. The van der Waals surface area contributed by atoms with E-state index in [9.17, 15) is 31.4 Å². The van der Waals surface area contributed by atoms with Gasteiger partial charge in [-0.1, -0.05) is 24.3 Å². The lowest BCUT2D eigenvalue weighted by molar-refractivity contribution is -0.275. The Morgan fingerprint density at radius 3 is 2.63 bits per heavy atom. The van der Waals surface area contributed by atoms with Gasteiger partial charge < -0.3 is 25.0 Å². The Kier molecular flexibility index (Phi) is 8.45. The molecule has 3 aromatic rings. The summed E-state index contributed by atoms with van der Waals surface area (Å²) in [5.74, 6) is -3.96. The molecule has 3 heterocycles. The van der Waals surface area contributed by atoms with Crippen molar-refractivity contribution in [2.45, 2.75) is 56.6 Å². The lowest BCUT2D eigenvalue weighted by atomic mass is 9.87. The third-order valence-corrected chi connectivity index (χ3v) is 7.95. The van der Waals surface area contributed by atoms with Crippen LogP contribution in [0.4, 0.5) is 32.0 Å². The van der Waals surface area contributed by atoms with Gasteiger partial charge in [0.05, 0.1) is 19.3 Å². The average Bonchev–Trinajstić information content (AvgIpc) is 3.51. The molecule has 0 saturated carbocycles. The largest absolute Gasteiger partial charge is 0.573 e. The number of fused-ring (bicyclic) bond motifs is 3. The van der Waals surface area contributed by atoms with Crippen LogP contribution in [0, 0.1) is 0 Å². The van der Waals surface area contributed by atoms with Crippen molar-refractivity contribution in [3.8, 4) is 5.75 Å². The molecule has 2 aliphatic rings. The molecule has 12 heteroatoms. The number of aromatic amines is 1. The first-order chi connectivity index (χ1) is 19.5. The van der Waals surface area contributed by atoms with E-state index in [0.29, 0.717) is 37.3 Å². The molecule has 0 spiro atoms. The lowest BCUT2D eigenvalue weighted by Gasteiger charge is -2.42. The van der Waals surface area contributed by atoms with Gasteiger partial charge in [-0.15, -0.1) is 13.2 Å². The van der Waals surface area contributed by atoms with Crippen LogP contribution in [0.3, 0.4) is 0 Å². The van der Waals surface area contributed by atoms with E-state index in [2.05, 4.69) is 19.9 Å². The molecule has 5 rings (SSSR count). The number of hydrogen-bond acceptors (Lipinski definition) is 5. The molecule has 2 aromatic carbocycles. The van der Waals surface area contributed by atoms with Gasteiger partial charge in [0.25, 0.3) is 5.92 Å². The van der Waals surface area contributed by atoms with Gasteiger partial charge in [-0.3, -0.25) is 9.29 Å². The van der Waals surface area contributed by atoms with Crippen molar-refractivity contribution in [3.63, 3.8) is 0 Å². The Bertz CT molecular complexity index is 1350. The monoisotopic (exact) mass is 584 g/mol. The summed E-state index contributed by atoms with van der Waals surface area (Å²) >= 11 is 0. The predicted molar refractivity (Wildman–Crippen MR) is 144 cm³/mol. The second-order valence-corrected chi connectivity index (χ2v) is 11.0. The van der Waals surface area contributed by atoms with Gasteiger partial charge in [0.2, 0.25) is 0 Å². The molecular weight excluding hydrogens is 550 g/mol. The van der Waals surface area contributed by atoms with Crippen molar-refractivity contribution in [3.05, 3.63) is 59.3 Å². The maximum atomic E-state index is 14.6. The Hall–Kier alpha value is -2.96. The van der Waals surface area contributed by atoms with Gasteiger partial charge >= 0.3 is 6.36 Å². The second-order valence-electron chi connectivity index (χ2n) is 11.0. The number of nitrogens with one attached hydrogen (secondary N) is 2. The quantitative estimate of drug-likeness (QED) is 0.260. The number of alkyl halides is 6. The van der Waals surface area contributed by atoms with Crippen molar-refractivity contribution in [1.82, 2.24) is 14.8 Å². The predicted octanol–water partition coefficient (Wildman–Crippen LogP) is 5.88. The zero-order valence-electron chi connectivity index (χ0n) is 22.7. The van der Waals surface area contributed by atoms with Crippen LogP contribution < -0.4 is 10.1 Å². The summed E-state index contributed by atoms with van der Waals surface area (Å²) < 4.78 is 87.4. The third-order valence-electron chi connectivity index (χ3n) is 7.95. The smallest absolute Gasteiger partial charge is 0.405 e. The number of aromatic nitrogens is 1. The number of aliphatic hydroxyl groups excluding tert-OH is 1. The molecule has 0 radical (unpaired) electrons. The summed E-state index contributed by atoms with van der Waals surface area (Å²) in [5.41, 5.74) is 2.60. The minimum atomic E-state index is -5.02. The highest BCUT2D eigenvalue weighted by Gasteiger charge is 2.43. The van der Waals surface area contributed by atoms with Gasteiger partial charge in [0, 0.05) is 65.6 Å². The van der Waals surface area contributed by atoms with Crippen molar-refractivity contribution in [2.24, 2.45) is 0 Å². The molecule has 0 aliphatic carbocycles. The van der Waals surface area contributed by atoms with Crippen LogP contribution in [0.2, 0.25) is 0 Å². The van der Waals surface area contributed by atoms with E-state index < -0.39 is 49.9 Å². The molecule has 3 N–H and O–H groups in total. The number of para-hydroxylation sites is 1. The molecule has 41 heavy (non-hydrogen) atoms. The Balaban J connectivity index is 1.55. The number of likely N-dealkylation sites (tertiary alicyclic amines) is 1. The molecular formula is C29H34F6N4O2. The van der Waals surface area contributed by atoms with Gasteiger partial charge in [-0.25, -0.2) is 8.78 Å². The number of aliphatic hydroxyl groups is 1. The first-order valence-electron chi connectivity index (χ1n) is 13.8. The molecule has 2 aliphatic heterocycles. The number of rotatable bonds is 10. The summed E-state index contributed by atoms with van der Waals surface area (Å²) in [6.07, 6.45) is -3.46. The van der Waals surface area contributed by atoms with Crippen LogP contribution in [0.15, 0.2) is 42.5 Å². The fourth-order valence-electron chi connectivity index (χ4n) is 6.14. The van der Waals surface area contributed by atoms with Gasteiger partial charge in [-0.2, -0.15) is 0 Å². The highest BCUT2D eigenvalue weighted by molar-refractivity contribution is 5.85. The van der Waals surface area contributed by atoms with Crippen LogP contribution >= 0.6 is 0 Å². The summed E-state index contributed by atoms with van der Waals surface area (Å²) in [7, 11) is 0. The molecule has 6 nitrogen and oxygen atoms in total. The number of anilines is 1. The van der Waals surface area contributed by atoms with E-state index in [1.54, 1.807) is 13.0 Å². The fourth-order valence-corrected chi connectivity index (χ4v) is 6.14. The number of H-pyrrole nitrogens is 1. The van der Waals surface area contributed by atoms with E-state index in [4.69, 9.17) is 0 Å². The standard InChI is InChI=1S/C29H34F6N4O2/c1-18-13-23-21-5-2-3-6-24(21)37-26(23)27(39(18)16-28(31,32)17-40)22-8-7-19(14-25(22)41-29(33,34)35)36-20-9-12-38(15-20)11-4-10-30/h2-3,5-8,14,18,20,27,36-37,40H,4,9-13,15-17H2,1H3/t18-,20+,27-/m1/s1. The van der Waals surface area contributed by atoms with E-state index in [1.165, 1.54) is 17.0 Å². The van der Waals surface area contributed by atoms with E-state index in [1.807, 2.05) is 24.3 Å². The SMILES string of the molecule is C[C@@H]1Cc2c([nH]c3ccccc23)[C@@H](c2ccc(N[C@H]3CCN(CCCF)C3)cc2OC(F)(F)F)N1CC(F)(F)CO. The van der Waals surface area contributed by atoms with Crippen molar-refractivity contribution in [1.29, 1.82) is 0 Å². The summed E-state index contributed by atoms with van der Waals surface area (Å²) in [6, 6.07) is 10.2. The van der Waals surface area contributed by atoms with Gasteiger partial charge in [0.15, 0.2) is 0 Å². The molecule has 1 saturated heterocycles. The number of halogens is 6. The molecule has 0 amide bonds. The van der Waals surface area contributed by atoms with E-state index in [-0.39, 0.29) is 11.6 Å². The van der Waals surface area contributed by atoms with Crippen molar-refractivity contribution in [2.75, 3.05) is 44.8 Å². The van der Waals surface area contributed by atoms with Crippen LogP contribution in [-0.4, -0.2) is 83.7 Å². The zero-order chi connectivity index (χ0) is 29.4. The third kappa shape index (κ3) is 6.60. The number of benzene rings is 2. The fraction of sp³-hybridized carbons (Fsp3) is 0.517. The van der Waals surface area contributed by atoms with Crippen LogP contribution in [0.5, 0.6) is 5.75 Å². The first kappa shape index (κ1) is 29.5. The molecule has 0 unspecified atom stereocenters. The molecule has 224 valence electrons. The zero-order valence-corrected chi connectivity index (χ0v) is 22.7. The molecule has 1 aromatic heterocycles. The molecule has 3 atom stereocenters. The Morgan fingerprint density at radius 2 is 1.90 bits per heavy atom.